The number of benzene rings is 1. The van der Waals surface area contributed by atoms with E-state index >= 15 is 0 Å². The standard InChI is InChI=1S/C17H19N3O2S/c1-11(21)18-13-9-7-12(8-10-13)16(22)20-17-19-14-5-3-2-4-6-15(14)23-17/h7-10H,2-6H2,1H3,(H,18,21)(H,19,20,22). The van der Waals surface area contributed by atoms with Gasteiger partial charge in [-0.3, -0.25) is 14.9 Å². The van der Waals surface area contributed by atoms with Gasteiger partial charge in [0.2, 0.25) is 5.91 Å². The summed E-state index contributed by atoms with van der Waals surface area (Å²) >= 11 is 1.58. The van der Waals surface area contributed by atoms with Crippen LogP contribution in [0.25, 0.3) is 0 Å². The van der Waals surface area contributed by atoms with E-state index in [1.807, 2.05) is 0 Å². The predicted octanol–water partition coefficient (Wildman–Crippen LogP) is 3.62. The number of anilines is 2. The number of aromatic nitrogens is 1. The van der Waals surface area contributed by atoms with Crippen LogP contribution in [-0.2, 0) is 17.6 Å². The molecular weight excluding hydrogens is 310 g/mol. The minimum absolute atomic E-state index is 0.133. The second-order valence-corrected chi connectivity index (χ2v) is 6.75. The van der Waals surface area contributed by atoms with Crippen molar-refractivity contribution < 1.29 is 9.59 Å². The maximum atomic E-state index is 12.3. The van der Waals surface area contributed by atoms with E-state index in [-0.39, 0.29) is 11.8 Å². The molecule has 0 bridgehead atoms. The Labute approximate surface area is 139 Å². The van der Waals surface area contributed by atoms with Gasteiger partial charge in [-0.05, 0) is 49.9 Å². The minimum atomic E-state index is -0.178. The first-order chi connectivity index (χ1) is 11.1. The molecule has 5 nitrogen and oxygen atoms in total. The van der Waals surface area contributed by atoms with E-state index in [0.29, 0.717) is 16.4 Å². The lowest BCUT2D eigenvalue weighted by molar-refractivity contribution is -0.114. The van der Waals surface area contributed by atoms with Crippen molar-refractivity contribution in [2.45, 2.75) is 39.0 Å². The van der Waals surface area contributed by atoms with E-state index in [9.17, 15) is 9.59 Å². The second-order valence-electron chi connectivity index (χ2n) is 5.66. The van der Waals surface area contributed by atoms with Crippen LogP contribution >= 0.6 is 11.3 Å². The fourth-order valence-electron chi connectivity index (χ4n) is 2.66. The summed E-state index contributed by atoms with van der Waals surface area (Å²) in [6.07, 6.45) is 5.70. The van der Waals surface area contributed by atoms with E-state index in [4.69, 9.17) is 0 Å². The summed E-state index contributed by atoms with van der Waals surface area (Å²) in [7, 11) is 0. The number of amides is 2. The molecule has 1 aromatic heterocycles. The molecule has 3 rings (SSSR count). The monoisotopic (exact) mass is 329 g/mol. The number of hydrogen-bond donors (Lipinski definition) is 2. The molecule has 1 aliphatic rings. The Morgan fingerprint density at radius 3 is 2.52 bits per heavy atom. The van der Waals surface area contributed by atoms with E-state index in [1.165, 1.54) is 31.1 Å². The highest BCUT2D eigenvalue weighted by Crippen LogP contribution is 2.29. The van der Waals surface area contributed by atoms with Gasteiger partial charge in [0.1, 0.15) is 0 Å². The zero-order valence-corrected chi connectivity index (χ0v) is 13.8. The molecule has 0 saturated carbocycles. The van der Waals surface area contributed by atoms with Gasteiger partial charge < -0.3 is 5.32 Å². The average Bonchev–Trinajstić information content (AvgIpc) is 2.76. The summed E-state index contributed by atoms with van der Waals surface area (Å²) in [6, 6.07) is 6.82. The van der Waals surface area contributed by atoms with Crippen LogP contribution in [0.2, 0.25) is 0 Å². The summed E-state index contributed by atoms with van der Waals surface area (Å²) in [5, 5.41) is 6.23. The van der Waals surface area contributed by atoms with Gasteiger partial charge in [0, 0.05) is 23.1 Å². The Morgan fingerprint density at radius 2 is 1.78 bits per heavy atom. The fourth-order valence-corrected chi connectivity index (χ4v) is 3.70. The Hall–Kier alpha value is -2.21. The number of carbonyl (C=O) groups is 2. The van der Waals surface area contributed by atoms with Crippen molar-refractivity contribution >= 4 is 34.0 Å². The number of aryl methyl sites for hydroxylation is 2. The van der Waals surface area contributed by atoms with Gasteiger partial charge in [-0.1, -0.05) is 6.42 Å². The number of nitrogens with one attached hydrogen (secondary N) is 2. The first-order valence-corrected chi connectivity index (χ1v) is 8.61. The molecule has 1 aromatic carbocycles. The second kappa shape index (κ2) is 6.91. The van der Waals surface area contributed by atoms with Crippen LogP contribution in [-0.4, -0.2) is 16.8 Å². The lowest BCUT2D eigenvalue weighted by Gasteiger charge is -2.04. The number of fused-ring (bicyclic) bond motifs is 1. The highest BCUT2D eigenvalue weighted by Gasteiger charge is 2.16. The van der Waals surface area contributed by atoms with E-state index in [2.05, 4.69) is 15.6 Å². The van der Waals surface area contributed by atoms with Crippen molar-refractivity contribution in [2.24, 2.45) is 0 Å². The van der Waals surface area contributed by atoms with Gasteiger partial charge in [-0.15, -0.1) is 11.3 Å². The number of nitrogens with zero attached hydrogens (tertiary/aromatic N) is 1. The van der Waals surface area contributed by atoms with Crippen LogP contribution in [0.15, 0.2) is 24.3 Å². The summed E-state index contributed by atoms with van der Waals surface area (Å²) in [4.78, 5) is 29.2. The quantitative estimate of drug-likeness (QED) is 0.845. The van der Waals surface area contributed by atoms with Crippen LogP contribution in [0.3, 0.4) is 0 Å². The first-order valence-electron chi connectivity index (χ1n) is 7.79. The molecule has 23 heavy (non-hydrogen) atoms. The Kier molecular flexibility index (Phi) is 4.71. The van der Waals surface area contributed by atoms with Crippen molar-refractivity contribution in [3.8, 4) is 0 Å². The third-order valence-corrected chi connectivity index (χ3v) is 4.86. The van der Waals surface area contributed by atoms with E-state index < -0.39 is 0 Å². The van der Waals surface area contributed by atoms with Crippen molar-refractivity contribution in [1.82, 2.24) is 4.98 Å². The fraction of sp³-hybridized carbons (Fsp3) is 0.353. The molecule has 2 aromatic rings. The highest BCUT2D eigenvalue weighted by atomic mass is 32.1. The topological polar surface area (TPSA) is 71.1 Å². The van der Waals surface area contributed by atoms with Crippen LogP contribution in [0, 0.1) is 0 Å². The molecule has 0 fully saturated rings. The SMILES string of the molecule is CC(=O)Nc1ccc(C(=O)Nc2nc3c(s2)CCCCC3)cc1. The molecule has 6 heteroatoms. The molecule has 0 unspecified atom stereocenters. The molecule has 1 heterocycles. The Morgan fingerprint density at radius 1 is 1.04 bits per heavy atom. The number of thiazole rings is 1. The summed E-state index contributed by atoms with van der Waals surface area (Å²) < 4.78 is 0. The average molecular weight is 329 g/mol. The highest BCUT2D eigenvalue weighted by molar-refractivity contribution is 7.15. The largest absolute Gasteiger partial charge is 0.326 e. The first kappa shape index (κ1) is 15.7. The Balaban J connectivity index is 1.68. The Bertz CT molecular complexity index is 698. The van der Waals surface area contributed by atoms with Crippen molar-refractivity contribution in [3.05, 3.63) is 40.4 Å². The molecule has 1 aliphatic carbocycles. The lowest BCUT2D eigenvalue weighted by Crippen LogP contribution is -2.12. The summed E-state index contributed by atoms with van der Waals surface area (Å²) in [6.45, 7) is 1.45. The number of hydrogen-bond acceptors (Lipinski definition) is 4. The van der Waals surface area contributed by atoms with Crippen LogP contribution in [0.4, 0.5) is 10.8 Å². The van der Waals surface area contributed by atoms with Gasteiger partial charge in [-0.2, -0.15) is 0 Å². The van der Waals surface area contributed by atoms with Gasteiger partial charge in [0.15, 0.2) is 5.13 Å². The van der Waals surface area contributed by atoms with Gasteiger partial charge in [0.25, 0.3) is 5.91 Å². The van der Waals surface area contributed by atoms with Gasteiger partial charge in [0.05, 0.1) is 5.69 Å². The zero-order valence-electron chi connectivity index (χ0n) is 13.0. The zero-order chi connectivity index (χ0) is 16.2. The lowest BCUT2D eigenvalue weighted by atomic mass is 10.2. The molecule has 0 atom stereocenters. The van der Waals surface area contributed by atoms with Gasteiger partial charge in [-0.25, -0.2) is 4.98 Å². The van der Waals surface area contributed by atoms with Gasteiger partial charge >= 0.3 is 0 Å². The van der Waals surface area contributed by atoms with Crippen LogP contribution in [0.5, 0.6) is 0 Å². The van der Waals surface area contributed by atoms with E-state index in [0.717, 1.165) is 18.5 Å². The molecule has 120 valence electrons. The van der Waals surface area contributed by atoms with E-state index in [1.54, 1.807) is 35.6 Å². The number of rotatable bonds is 3. The number of carbonyl (C=O) groups excluding carboxylic acids is 2. The minimum Gasteiger partial charge on any atom is -0.326 e. The molecule has 0 spiro atoms. The van der Waals surface area contributed by atoms with Crippen LogP contribution < -0.4 is 10.6 Å². The summed E-state index contributed by atoms with van der Waals surface area (Å²) in [5.41, 5.74) is 2.36. The van der Waals surface area contributed by atoms with Crippen molar-refractivity contribution in [1.29, 1.82) is 0 Å². The molecular formula is C17H19N3O2S. The molecule has 2 N–H and O–H groups in total. The normalized spacial score (nSPS) is 13.8. The predicted molar refractivity (Wildman–Crippen MR) is 92.1 cm³/mol. The molecule has 0 radical (unpaired) electrons. The maximum absolute atomic E-state index is 12.3. The summed E-state index contributed by atoms with van der Waals surface area (Å²) in [5.74, 6) is -0.310. The third-order valence-electron chi connectivity index (χ3n) is 3.78. The van der Waals surface area contributed by atoms with Crippen molar-refractivity contribution in [3.63, 3.8) is 0 Å². The molecule has 0 aliphatic heterocycles. The maximum Gasteiger partial charge on any atom is 0.257 e. The molecule has 2 amide bonds. The smallest absolute Gasteiger partial charge is 0.257 e. The van der Waals surface area contributed by atoms with Crippen LogP contribution in [0.1, 0.15) is 47.1 Å². The molecule has 0 saturated heterocycles. The van der Waals surface area contributed by atoms with Crippen molar-refractivity contribution in [2.75, 3.05) is 10.6 Å². The third kappa shape index (κ3) is 3.96.